The summed E-state index contributed by atoms with van der Waals surface area (Å²) in [5.41, 5.74) is 2.15. The van der Waals surface area contributed by atoms with Crippen molar-refractivity contribution in [3.63, 3.8) is 0 Å². The average molecular weight is 383 g/mol. The van der Waals surface area contributed by atoms with Gasteiger partial charge in [-0.2, -0.15) is 0 Å². The Kier molecular flexibility index (Phi) is 5.93. The number of aliphatic imine (C=N–C) groups is 1. The van der Waals surface area contributed by atoms with Gasteiger partial charge in [0.05, 0.1) is 24.9 Å². The predicted molar refractivity (Wildman–Crippen MR) is 107 cm³/mol. The van der Waals surface area contributed by atoms with E-state index >= 15 is 0 Å². The second-order valence-electron chi connectivity index (χ2n) is 6.20. The average Bonchev–Trinajstić information content (AvgIpc) is 3.00. The zero-order chi connectivity index (χ0) is 20.1. The highest BCUT2D eigenvalue weighted by atomic mass is 19.1. The number of hydrogen-bond acceptors (Lipinski definition) is 4. The molecule has 146 valence electrons. The molecular formula is C21H22FN3O3. The highest BCUT2D eigenvalue weighted by molar-refractivity contribution is 5.99. The summed E-state index contributed by atoms with van der Waals surface area (Å²) in [6.07, 6.45) is 0. The number of H-pyrrole nitrogens is 1. The normalized spacial score (nSPS) is 11.5. The Hall–Kier alpha value is -3.35. The maximum absolute atomic E-state index is 13.1. The quantitative estimate of drug-likeness (QED) is 0.501. The van der Waals surface area contributed by atoms with Crippen LogP contribution < -0.4 is 15.0 Å². The third kappa shape index (κ3) is 4.14. The first-order valence-electron chi connectivity index (χ1n) is 8.86. The number of methoxy groups -OCH3 is 1. The van der Waals surface area contributed by atoms with Crippen molar-refractivity contribution in [1.29, 1.82) is 0 Å². The van der Waals surface area contributed by atoms with Crippen molar-refractivity contribution in [2.75, 3.05) is 20.3 Å². The lowest BCUT2D eigenvalue weighted by molar-refractivity contribution is 0.303. The largest absolute Gasteiger partial charge is 0.493 e. The summed E-state index contributed by atoms with van der Waals surface area (Å²) in [4.78, 5) is 17.2. The van der Waals surface area contributed by atoms with Gasteiger partial charge in [0.2, 0.25) is 0 Å². The van der Waals surface area contributed by atoms with Gasteiger partial charge in [0.1, 0.15) is 12.4 Å². The van der Waals surface area contributed by atoms with E-state index in [0.29, 0.717) is 47.3 Å². The molecule has 6 nitrogen and oxygen atoms in total. The van der Waals surface area contributed by atoms with Crippen LogP contribution in [0.3, 0.4) is 0 Å². The first-order valence-corrected chi connectivity index (χ1v) is 8.86. The van der Waals surface area contributed by atoms with Gasteiger partial charge in [-0.05, 0) is 50.2 Å². The summed E-state index contributed by atoms with van der Waals surface area (Å²) in [6.45, 7) is 4.34. The van der Waals surface area contributed by atoms with Crippen LogP contribution in [-0.2, 0) is 0 Å². The molecule has 0 bridgehead atoms. The fourth-order valence-corrected chi connectivity index (χ4v) is 2.93. The molecule has 28 heavy (non-hydrogen) atoms. The van der Waals surface area contributed by atoms with E-state index in [-0.39, 0.29) is 11.4 Å². The maximum Gasteiger partial charge on any atom is 0.280 e. The van der Waals surface area contributed by atoms with Gasteiger partial charge >= 0.3 is 0 Å². The van der Waals surface area contributed by atoms with E-state index in [1.807, 2.05) is 24.3 Å². The van der Waals surface area contributed by atoms with Crippen LogP contribution in [0.1, 0.15) is 18.2 Å². The second kappa shape index (κ2) is 8.56. The van der Waals surface area contributed by atoms with Crippen molar-refractivity contribution in [1.82, 2.24) is 9.78 Å². The van der Waals surface area contributed by atoms with E-state index in [2.05, 4.69) is 10.1 Å². The number of halogens is 1. The van der Waals surface area contributed by atoms with Crippen molar-refractivity contribution < 1.29 is 13.9 Å². The van der Waals surface area contributed by atoms with Crippen LogP contribution in [0.25, 0.3) is 5.69 Å². The first kappa shape index (κ1) is 19.4. The monoisotopic (exact) mass is 383 g/mol. The van der Waals surface area contributed by atoms with Crippen LogP contribution in [0.15, 0.2) is 58.3 Å². The Morgan fingerprint density at radius 3 is 2.50 bits per heavy atom. The van der Waals surface area contributed by atoms with Gasteiger partial charge in [0.15, 0.2) is 11.5 Å². The number of rotatable bonds is 7. The summed E-state index contributed by atoms with van der Waals surface area (Å²) in [7, 11) is 1.59. The van der Waals surface area contributed by atoms with Gasteiger partial charge in [-0.3, -0.25) is 14.9 Å². The lowest BCUT2D eigenvalue weighted by atomic mass is 10.2. The van der Waals surface area contributed by atoms with Crippen LogP contribution in [0.2, 0.25) is 0 Å². The minimum absolute atomic E-state index is 0.226. The van der Waals surface area contributed by atoms with Gasteiger partial charge in [-0.25, -0.2) is 9.07 Å². The van der Waals surface area contributed by atoms with E-state index in [1.54, 1.807) is 33.1 Å². The number of hydrogen-bond donors (Lipinski definition) is 1. The van der Waals surface area contributed by atoms with E-state index < -0.39 is 0 Å². The molecule has 1 aromatic heterocycles. The zero-order valence-corrected chi connectivity index (χ0v) is 16.0. The molecule has 0 saturated carbocycles. The SMILES string of the molecule is COc1ccccc1OCCN=C(C)c1c(C)[nH]n(-c2ccc(F)cc2)c1=O. The molecule has 3 rings (SSSR count). The van der Waals surface area contributed by atoms with Crippen molar-refractivity contribution >= 4 is 5.71 Å². The number of para-hydroxylation sites is 2. The molecule has 0 radical (unpaired) electrons. The fourth-order valence-electron chi connectivity index (χ4n) is 2.93. The van der Waals surface area contributed by atoms with Crippen LogP contribution in [0.4, 0.5) is 4.39 Å². The van der Waals surface area contributed by atoms with E-state index in [1.165, 1.54) is 16.8 Å². The Morgan fingerprint density at radius 2 is 1.82 bits per heavy atom. The van der Waals surface area contributed by atoms with Crippen molar-refractivity contribution in [2.24, 2.45) is 4.99 Å². The lowest BCUT2D eigenvalue weighted by Gasteiger charge is -2.09. The highest BCUT2D eigenvalue weighted by Gasteiger charge is 2.15. The Labute approximate surface area is 162 Å². The molecule has 0 saturated heterocycles. The summed E-state index contributed by atoms with van der Waals surface area (Å²) in [5.74, 6) is 0.953. The molecule has 0 atom stereocenters. The Morgan fingerprint density at radius 1 is 1.14 bits per heavy atom. The summed E-state index contributed by atoms with van der Waals surface area (Å²) in [6, 6.07) is 13.1. The number of aromatic nitrogens is 2. The molecule has 0 fully saturated rings. The number of nitrogens with zero attached hydrogens (tertiary/aromatic N) is 2. The smallest absolute Gasteiger partial charge is 0.280 e. The molecule has 0 aliphatic carbocycles. The molecule has 2 aromatic carbocycles. The predicted octanol–water partition coefficient (Wildman–Crippen LogP) is 3.51. The van der Waals surface area contributed by atoms with E-state index in [0.717, 1.165) is 0 Å². The summed E-state index contributed by atoms with van der Waals surface area (Å²) in [5, 5.41) is 3.01. The third-order valence-electron chi connectivity index (χ3n) is 4.28. The van der Waals surface area contributed by atoms with Crippen molar-refractivity contribution in [3.05, 3.63) is 76.0 Å². The highest BCUT2D eigenvalue weighted by Crippen LogP contribution is 2.25. The Bertz CT molecular complexity index is 1040. The molecule has 0 amide bonds. The minimum atomic E-state index is -0.354. The van der Waals surface area contributed by atoms with Crippen molar-refractivity contribution in [3.8, 4) is 17.2 Å². The lowest BCUT2D eigenvalue weighted by Crippen LogP contribution is -2.20. The van der Waals surface area contributed by atoms with Gasteiger partial charge in [0.25, 0.3) is 5.56 Å². The number of aryl methyl sites for hydroxylation is 1. The molecule has 0 unspecified atom stereocenters. The number of aromatic amines is 1. The van der Waals surface area contributed by atoms with Gasteiger partial charge in [-0.1, -0.05) is 12.1 Å². The fraction of sp³-hybridized carbons (Fsp3) is 0.238. The van der Waals surface area contributed by atoms with Crippen LogP contribution in [-0.4, -0.2) is 35.8 Å². The van der Waals surface area contributed by atoms with Crippen molar-refractivity contribution in [2.45, 2.75) is 13.8 Å². The Balaban J connectivity index is 1.72. The summed E-state index contributed by atoms with van der Waals surface area (Å²) >= 11 is 0. The van der Waals surface area contributed by atoms with Gasteiger partial charge < -0.3 is 9.47 Å². The molecule has 0 spiro atoms. The summed E-state index contributed by atoms with van der Waals surface area (Å²) < 4.78 is 25.5. The molecule has 1 N–H and O–H groups in total. The third-order valence-corrected chi connectivity index (χ3v) is 4.28. The number of benzene rings is 2. The van der Waals surface area contributed by atoms with Crippen LogP contribution in [0.5, 0.6) is 11.5 Å². The minimum Gasteiger partial charge on any atom is -0.493 e. The molecule has 7 heteroatoms. The molecule has 1 heterocycles. The molecule has 0 aliphatic heterocycles. The zero-order valence-electron chi connectivity index (χ0n) is 16.0. The van der Waals surface area contributed by atoms with Crippen LogP contribution >= 0.6 is 0 Å². The molecule has 0 aliphatic rings. The molecule has 3 aromatic rings. The first-order chi connectivity index (χ1) is 13.5. The molecular weight excluding hydrogens is 361 g/mol. The van der Waals surface area contributed by atoms with Gasteiger partial charge in [0, 0.05) is 11.4 Å². The van der Waals surface area contributed by atoms with Crippen LogP contribution in [0, 0.1) is 12.7 Å². The number of ether oxygens (including phenoxy) is 2. The van der Waals surface area contributed by atoms with E-state index in [9.17, 15) is 9.18 Å². The topological polar surface area (TPSA) is 68.6 Å². The van der Waals surface area contributed by atoms with Gasteiger partial charge in [-0.15, -0.1) is 0 Å². The van der Waals surface area contributed by atoms with E-state index in [4.69, 9.17) is 9.47 Å². The number of nitrogens with one attached hydrogen (secondary N) is 1. The standard InChI is InChI=1S/C21H22FN3O3/c1-14(23-12-13-28-19-7-5-4-6-18(19)27-3)20-15(2)24-25(21(20)26)17-10-8-16(22)9-11-17/h4-11,24H,12-13H2,1-3H3. The second-order valence-corrected chi connectivity index (χ2v) is 6.20. The maximum atomic E-state index is 13.1.